The molecule has 2 N–H and O–H groups in total. The van der Waals surface area contributed by atoms with Crippen LogP contribution in [0, 0.1) is 21.7 Å². The van der Waals surface area contributed by atoms with Crippen LogP contribution in [0.3, 0.4) is 0 Å². The van der Waals surface area contributed by atoms with Gasteiger partial charge in [-0.25, -0.2) is 8.78 Å². The van der Waals surface area contributed by atoms with Crippen LogP contribution in [0.1, 0.15) is 0 Å². The molecule has 1 aromatic rings. The molecule has 2 rings (SSSR count). The lowest BCUT2D eigenvalue weighted by Crippen LogP contribution is -2.34. The van der Waals surface area contributed by atoms with Crippen LogP contribution < -0.4 is 5.32 Å². The summed E-state index contributed by atoms with van der Waals surface area (Å²) in [6.07, 6.45) is 0.810. The standard InChI is InChI=1S/C12H9F2N3O5/c13-6-3-7(14)11(9(4-6)17(21)22)15-8-5-10(19)16(1-2-18)12(8)20/h3-5,15,18H,1-2H2. The third-order valence-corrected chi connectivity index (χ3v) is 2.82. The van der Waals surface area contributed by atoms with Crippen LogP contribution in [-0.4, -0.2) is 39.9 Å². The molecule has 0 saturated heterocycles. The Kier molecular flexibility index (Phi) is 4.13. The molecule has 0 fully saturated rings. The van der Waals surface area contributed by atoms with Crippen molar-refractivity contribution in [2.24, 2.45) is 0 Å². The van der Waals surface area contributed by atoms with E-state index in [1.54, 1.807) is 0 Å². The molecular weight excluding hydrogens is 304 g/mol. The van der Waals surface area contributed by atoms with Crippen molar-refractivity contribution < 1.29 is 28.4 Å². The fourth-order valence-corrected chi connectivity index (χ4v) is 1.87. The van der Waals surface area contributed by atoms with Crippen molar-refractivity contribution in [2.45, 2.75) is 0 Å². The zero-order valence-corrected chi connectivity index (χ0v) is 10.9. The van der Waals surface area contributed by atoms with Gasteiger partial charge in [-0.2, -0.15) is 0 Å². The molecule has 0 bridgehead atoms. The van der Waals surface area contributed by atoms with E-state index in [4.69, 9.17) is 5.11 Å². The summed E-state index contributed by atoms with van der Waals surface area (Å²) in [6.45, 7) is -0.739. The van der Waals surface area contributed by atoms with Crippen LogP contribution in [0.25, 0.3) is 0 Å². The average molecular weight is 313 g/mol. The Morgan fingerprint density at radius 2 is 2.00 bits per heavy atom. The highest BCUT2D eigenvalue weighted by molar-refractivity contribution is 6.17. The summed E-state index contributed by atoms with van der Waals surface area (Å²) < 4.78 is 26.7. The van der Waals surface area contributed by atoms with Gasteiger partial charge in [-0.05, 0) is 0 Å². The summed E-state index contributed by atoms with van der Waals surface area (Å²) in [7, 11) is 0. The van der Waals surface area contributed by atoms with Crippen LogP contribution in [0.5, 0.6) is 0 Å². The van der Waals surface area contributed by atoms with Gasteiger partial charge in [-0.3, -0.25) is 24.6 Å². The highest BCUT2D eigenvalue weighted by Gasteiger charge is 2.32. The van der Waals surface area contributed by atoms with E-state index in [0.29, 0.717) is 17.0 Å². The molecule has 10 heteroatoms. The molecule has 1 aromatic carbocycles. The number of nitro benzene ring substituents is 1. The normalized spacial score (nSPS) is 14.3. The number of amides is 2. The summed E-state index contributed by atoms with van der Waals surface area (Å²) in [5.74, 6) is -4.07. The van der Waals surface area contributed by atoms with Crippen molar-refractivity contribution in [1.29, 1.82) is 0 Å². The van der Waals surface area contributed by atoms with Gasteiger partial charge < -0.3 is 10.4 Å². The van der Waals surface area contributed by atoms with E-state index in [0.717, 1.165) is 6.08 Å². The van der Waals surface area contributed by atoms with Gasteiger partial charge in [-0.1, -0.05) is 0 Å². The summed E-state index contributed by atoms with van der Waals surface area (Å²) in [6, 6.07) is 0.890. The van der Waals surface area contributed by atoms with Crippen LogP contribution in [0.2, 0.25) is 0 Å². The lowest BCUT2D eigenvalue weighted by Gasteiger charge is -2.13. The first-order valence-electron chi connectivity index (χ1n) is 5.94. The van der Waals surface area contributed by atoms with Crippen LogP contribution >= 0.6 is 0 Å². The maximum absolute atomic E-state index is 13.7. The molecule has 1 heterocycles. The number of rotatable bonds is 5. The predicted molar refractivity (Wildman–Crippen MR) is 68.5 cm³/mol. The minimum absolute atomic E-state index is 0.270. The van der Waals surface area contributed by atoms with Gasteiger partial charge in [0.2, 0.25) is 0 Å². The fourth-order valence-electron chi connectivity index (χ4n) is 1.87. The Bertz CT molecular complexity index is 704. The number of β-amino-alcohol motifs (C(OH)–C–C–N with tert-alkyl or cyclic N) is 1. The lowest BCUT2D eigenvalue weighted by molar-refractivity contribution is -0.384. The molecule has 2 amide bonds. The summed E-state index contributed by atoms with van der Waals surface area (Å²) >= 11 is 0. The maximum atomic E-state index is 13.7. The Hall–Kier alpha value is -2.88. The van der Waals surface area contributed by atoms with E-state index in [9.17, 15) is 28.5 Å². The first kappa shape index (κ1) is 15.5. The van der Waals surface area contributed by atoms with E-state index < -0.39 is 52.1 Å². The molecule has 0 aliphatic carbocycles. The van der Waals surface area contributed by atoms with E-state index in [2.05, 4.69) is 5.32 Å². The SMILES string of the molecule is O=C1C=C(Nc2c(F)cc(F)cc2[N+](=O)[O-])C(=O)N1CCO. The van der Waals surface area contributed by atoms with Crippen LogP contribution in [0.4, 0.5) is 20.2 Å². The number of carbonyl (C=O) groups is 2. The number of hydrogen-bond donors (Lipinski definition) is 2. The number of nitrogens with one attached hydrogen (secondary N) is 1. The van der Waals surface area contributed by atoms with Gasteiger partial charge >= 0.3 is 0 Å². The second-order valence-electron chi connectivity index (χ2n) is 4.24. The number of hydrogen-bond acceptors (Lipinski definition) is 6. The molecule has 22 heavy (non-hydrogen) atoms. The molecular formula is C12H9F2N3O5. The number of halogens is 2. The Labute approximate surface area is 121 Å². The highest BCUT2D eigenvalue weighted by Crippen LogP contribution is 2.30. The monoisotopic (exact) mass is 313 g/mol. The number of aliphatic hydroxyl groups excluding tert-OH is 1. The predicted octanol–water partition coefficient (Wildman–Crippen LogP) is 0.530. The molecule has 0 radical (unpaired) electrons. The van der Waals surface area contributed by atoms with Crippen LogP contribution in [-0.2, 0) is 9.59 Å². The van der Waals surface area contributed by atoms with E-state index >= 15 is 0 Å². The van der Waals surface area contributed by atoms with Gasteiger partial charge in [0.15, 0.2) is 11.5 Å². The molecule has 1 aliphatic heterocycles. The summed E-state index contributed by atoms with van der Waals surface area (Å²) in [5, 5.41) is 21.7. The van der Waals surface area contributed by atoms with Crippen molar-refractivity contribution >= 4 is 23.2 Å². The number of aliphatic hydroxyl groups is 1. The minimum Gasteiger partial charge on any atom is -0.395 e. The quantitative estimate of drug-likeness (QED) is 0.466. The second kappa shape index (κ2) is 5.85. The molecule has 0 saturated carbocycles. The first-order valence-corrected chi connectivity index (χ1v) is 5.94. The van der Waals surface area contributed by atoms with Gasteiger partial charge in [0, 0.05) is 12.1 Å². The molecule has 8 nitrogen and oxygen atoms in total. The van der Waals surface area contributed by atoms with Crippen molar-refractivity contribution in [3.8, 4) is 0 Å². The van der Waals surface area contributed by atoms with Crippen molar-refractivity contribution in [3.05, 3.63) is 45.7 Å². The number of carbonyl (C=O) groups excluding carboxylic acids is 2. The zero-order chi connectivity index (χ0) is 16.4. The molecule has 0 unspecified atom stereocenters. The summed E-state index contributed by atoms with van der Waals surface area (Å²) in [5.41, 5.74) is -2.06. The Balaban J connectivity index is 2.36. The van der Waals surface area contributed by atoms with Crippen molar-refractivity contribution in [1.82, 2.24) is 4.90 Å². The smallest absolute Gasteiger partial charge is 0.298 e. The topological polar surface area (TPSA) is 113 Å². The largest absolute Gasteiger partial charge is 0.395 e. The molecule has 1 aliphatic rings. The van der Waals surface area contributed by atoms with E-state index in [1.807, 2.05) is 0 Å². The van der Waals surface area contributed by atoms with Crippen molar-refractivity contribution in [3.63, 3.8) is 0 Å². The minimum atomic E-state index is -1.28. The van der Waals surface area contributed by atoms with Gasteiger partial charge in [0.05, 0.1) is 24.1 Å². The average Bonchev–Trinajstić information content (AvgIpc) is 2.69. The van der Waals surface area contributed by atoms with E-state index in [-0.39, 0.29) is 6.54 Å². The number of benzene rings is 1. The van der Waals surface area contributed by atoms with Crippen molar-refractivity contribution in [2.75, 3.05) is 18.5 Å². The number of nitrogens with zero attached hydrogens (tertiary/aromatic N) is 2. The second-order valence-corrected chi connectivity index (χ2v) is 4.24. The maximum Gasteiger partial charge on any atom is 0.298 e. The van der Waals surface area contributed by atoms with Crippen LogP contribution in [0.15, 0.2) is 23.9 Å². The number of anilines is 1. The number of imide groups is 1. The van der Waals surface area contributed by atoms with Gasteiger partial charge in [-0.15, -0.1) is 0 Å². The molecule has 0 spiro atoms. The Morgan fingerprint density at radius 1 is 1.32 bits per heavy atom. The Morgan fingerprint density at radius 3 is 2.59 bits per heavy atom. The molecule has 0 atom stereocenters. The fraction of sp³-hybridized carbons (Fsp3) is 0.167. The third-order valence-electron chi connectivity index (χ3n) is 2.82. The van der Waals surface area contributed by atoms with Gasteiger partial charge in [0.25, 0.3) is 17.5 Å². The number of nitro groups is 1. The molecule has 0 aromatic heterocycles. The highest BCUT2D eigenvalue weighted by atomic mass is 19.1. The lowest BCUT2D eigenvalue weighted by atomic mass is 10.2. The first-order chi connectivity index (χ1) is 10.3. The summed E-state index contributed by atoms with van der Waals surface area (Å²) in [4.78, 5) is 33.9. The third kappa shape index (κ3) is 2.76. The zero-order valence-electron chi connectivity index (χ0n) is 10.9. The molecule has 116 valence electrons. The van der Waals surface area contributed by atoms with Gasteiger partial charge in [0.1, 0.15) is 11.5 Å². The van der Waals surface area contributed by atoms with E-state index in [1.165, 1.54) is 0 Å².